The number of nitrogens with one attached hydrogen (secondary N) is 1. The van der Waals surface area contributed by atoms with E-state index in [1.807, 2.05) is 24.3 Å². The minimum absolute atomic E-state index is 0.254. The first-order chi connectivity index (χ1) is 6.77. The summed E-state index contributed by atoms with van der Waals surface area (Å²) in [7, 11) is 0. The highest BCUT2D eigenvalue weighted by Gasteiger charge is 2.01. The van der Waals surface area contributed by atoms with Crippen LogP contribution >= 0.6 is 12.2 Å². The number of para-hydroxylation sites is 1. The van der Waals surface area contributed by atoms with E-state index in [-0.39, 0.29) is 5.11 Å². The second-order valence-corrected chi connectivity index (χ2v) is 3.22. The molecule has 0 radical (unpaired) electrons. The van der Waals surface area contributed by atoms with E-state index >= 15 is 0 Å². The number of hydrogen-bond acceptors (Lipinski definition) is 3. The minimum Gasteiger partial charge on any atom is -0.376 e. The van der Waals surface area contributed by atoms with Crippen molar-refractivity contribution in [3.05, 3.63) is 24.3 Å². The number of benzene rings is 1. The van der Waals surface area contributed by atoms with Crippen molar-refractivity contribution >= 4 is 28.4 Å². The SMILES string of the molecule is NC(=S)NCn1nnc2ccccc21. The number of thiocarbonyl (C=S) groups is 1. The van der Waals surface area contributed by atoms with Crippen LogP contribution in [0.15, 0.2) is 24.3 Å². The second-order valence-electron chi connectivity index (χ2n) is 2.78. The third-order valence-electron chi connectivity index (χ3n) is 1.82. The Morgan fingerprint density at radius 1 is 1.50 bits per heavy atom. The standard InChI is InChI=1S/C8H9N5S/c9-8(14)10-5-13-7-4-2-1-3-6(7)11-12-13/h1-4H,5H2,(H3,9,10,14). The average Bonchev–Trinajstić information content (AvgIpc) is 2.58. The average molecular weight is 207 g/mol. The quantitative estimate of drug-likeness (QED) is 0.689. The van der Waals surface area contributed by atoms with Gasteiger partial charge in [-0.05, 0) is 24.4 Å². The summed E-state index contributed by atoms with van der Waals surface area (Å²) in [6, 6.07) is 7.70. The largest absolute Gasteiger partial charge is 0.376 e. The number of nitrogens with two attached hydrogens (primary N) is 1. The van der Waals surface area contributed by atoms with Gasteiger partial charge >= 0.3 is 0 Å². The van der Waals surface area contributed by atoms with Crippen LogP contribution in [0.25, 0.3) is 11.0 Å². The first-order valence-corrected chi connectivity index (χ1v) is 4.50. The van der Waals surface area contributed by atoms with Gasteiger partial charge in [-0.15, -0.1) is 5.10 Å². The topological polar surface area (TPSA) is 68.8 Å². The van der Waals surface area contributed by atoms with Gasteiger partial charge in [-0.3, -0.25) is 0 Å². The molecule has 0 spiro atoms. The normalized spacial score (nSPS) is 10.3. The van der Waals surface area contributed by atoms with E-state index in [9.17, 15) is 0 Å². The van der Waals surface area contributed by atoms with Crippen molar-refractivity contribution in [1.29, 1.82) is 0 Å². The van der Waals surface area contributed by atoms with E-state index < -0.39 is 0 Å². The first kappa shape index (κ1) is 8.89. The predicted octanol–water partition coefficient (Wildman–Crippen LogP) is 0.222. The lowest BCUT2D eigenvalue weighted by molar-refractivity contribution is 0.585. The van der Waals surface area contributed by atoms with Gasteiger partial charge in [0.25, 0.3) is 0 Å². The molecular weight excluding hydrogens is 198 g/mol. The molecule has 0 aliphatic heterocycles. The number of rotatable bonds is 2. The Balaban J connectivity index is 2.29. The molecule has 1 aromatic heterocycles. The van der Waals surface area contributed by atoms with Crippen molar-refractivity contribution in [2.75, 3.05) is 0 Å². The molecule has 1 heterocycles. The molecule has 0 bridgehead atoms. The Hall–Kier alpha value is -1.69. The third-order valence-corrected chi connectivity index (χ3v) is 1.97. The summed E-state index contributed by atoms with van der Waals surface area (Å²) in [6.07, 6.45) is 0. The molecule has 6 heteroatoms. The number of hydrogen-bond donors (Lipinski definition) is 2. The molecule has 0 saturated heterocycles. The fourth-order valence-electron chi connectivity index (χ4n) is 1.19. The van der Waals surface area contributed by atoms with Gasteiger partial charge in [0.2, 0.25) is 0 Å². The zero-order valence-electron chi connectivity index (χ0n) is 7.34. The summed E-state index contributed by atoms with van der Waals surface area (Å²) in [5, 5.41) is 11.0. The van der Waals surface area contributed by atoms with E-state index in [4.69, 9.17) is 18.0 Å². The molecule has 0 fully saturated rings. The maximum Gasteiger partial charge on any atom is 0.165 e. The third kappa shape index (κ3) is 1.64. The maximum atomic E-state index is 5.31. The molecule has 0 aliphatic rings. The molecule has 14 heavy (non-hydrogen) atoms. The smallest absolute Gasteiger partial charge is 0.165 e. The Morgan fingerprint density at radius 3 is 3.07 bits per heavy atom. The Morgan fingerprint density at radius 2 is 2.29 bits per heavy atom. The van der Waals surface area contributed by atoms with Crippen LogP contribution in [-0.2, 0) is 6.67 Å². The van der Waals surface area contributed by atoms with Crippen molar-refractivity contribution in [2.45, 2.75) is 6.67 Å². The maximum absolute atomic E-state index is 5.31. The zero-order valence-corrected chi connectivity index (χ0v) is 8.16. The van der Waals surface area contributed by atoms with Crippen LogP contribution in [0.4, 0.5) is 0 Å². The van der Waals surface area contributed by atoms with Crippen LogP contribution in [0.2, 0.25) is 0 Å². The van der Waals surface area contributed by atoms with E-state index in [1.54, 1.807) is 4.68 Å². The molecule has 2 rings (SSSR count). The minimum atomic E-state index is 0.254. The molecule has 1 aromatic carbocycles. The molecule has 0 unspecified atom stereocenters. The van der Waals surface area contributed by atoms with Crippen molar-refractivity contribution in [1.82, 2.24) is 20.3 Å². The van der Waals surface area contributed by atoms with Crippen molar-refractivity contribution in [3.8, 4) is 0 Å². The van der Waals surface area contributed by atoms with Gasteiger partial charge in [0.15, 0.2) is 5.11 Å². The van der Waals surface area contributed by atoms with Crippen LogP contribution in [-0.4, -0.2) is 20.1 Å². The summed E-state index contributed by atoms with van der Waals surface area (Å²) in [5.74, 6) is 0. The van der Waals surface area contributed by atoms with Crippen LogP contribution in [0, 0.1) is 0 Å². The highest BCUT2D eigenvalue weighted by atomic mass is 32.1. The van der Waals surface area contributed by atoms with Crippen molar-refractivity contribution in [3.63, 3.8) is 0 Å². The van der Waals surface area contributed by atoms with Gasteiger partial charge in [0, 0.05) is 0 Å². The summed E-state index contributed by atoms with van der Waals surface area (Å²) < 4.78 is 1.70. The van der Waals surface area contributed by atoms with Gasteiger partial charge < -0.3 is 11.1 Å². The molecule has 72 valence electrons. The molecule has 0 aliphatic carbocycles. The fraction of sp³-hybridized carbons (Fsp3) is 0.125. The Labute approximate surface area is 85.9 Å². The Bertz CT molecular complexity index is 463. The number of aromatic nitrogens is 3. The van der Waals surface area contributed by atoms with Gasteiger partial charge in [0.05, 0.1) is 5.52 Å². The van der Waals surface area contributed by atoms with Crippen molar-refractivity contribution < 1.29 is 0 Å². The molecule has 0 amide bonds. The highest BCUT2D eigenvalue weighted by molar-refractivity contribution is 7.80. The van der Waals surface area contributed by atoms with Crippen LogP contribution < -0.4 is 11.1 Å². The van der Waals surface area contributed by atoms with Crippen LogP contribution in [0.3, 0.4) is 0 Å². The van der Waals surface area contributed by atoms with Gasteiger partial charge in [0.1, 0.15) is 12.2 Å². The van der Waals surface area contributed by atoms with Crippen LogP contribution in [0.5, 0.6) is 0 Å². The lowest BCUT2D eigenvalue weighted by Crippen LogP contribution is -2.31. The Kier molecular flexibility index (Phi) is 2.28. The second kappa shape index (κ2) is 3.59. The molecule has 0 atom stereocenters. The lowest BCUT2D eigenvalue weighted by Gasteiger charge is -2.03. The fourth-order valence-corrected chi connectivity index (χ4v) is 1.25. The zero-order chi connectivity index (χ0) is 9.97. The monoisotopic (exact) mass is 207 g/mol. The summed E-state index contributed by atoms with van der Waals surface area (Å²) >= 11 is 4.70. The van der Waals surface area contributed by atoms with Gasteiger partial charge in [-0.25, -0.2) is 4.68 Å². The van der Waals surface area contributed by atoms with Gasteiger partial charge in [-0.2, -0.15) is 0 Å². The van der Waals surface area contributed by atoms with Crippen molar-refractivity contribution in [2.24, 2.45) is 5.73 Å². The van der Waals surface area contributed by atoms with E-state index in [0.29, 0.717) is 6.67 Å². The molecular formula is C8H9N5S. The molecule has 0 saturated carbocycles. The molecule has 2 aromatic rings. The van der Waals surface area contributed by atoms with Gasteiger partial charge in [-0.1, -0.05) is 17.3 Å². The lowest BCUT2D eigenvalue weighted by atomic mass is 10.3. The predicted molar refractivity (Wildman–Crippen MR) is 57.4 cm³/mol. The number of fused-ring (bicyclic) bond motifs is 1. The summed E-state index contributed by atoms with van der Waals surface area (Å²) in [6.45, 7) is 0.440. The van der Waals surface area contributed by atoms with E-state index in [0.717, 1.165) is 11.0 Å². The van der Waals surface area contributed by atoms with Crippen LogP contribution in [0.1, 0.15) is 0 Å². The number of nitrogens with zero attached hydrogens (tertiary/aromatic N) is 3. The highest BCUT2D eigenvalue weighted by Crippen LogP contribution is 2.08. The van der Waals surface area contributed by atoms with E-state index in [2.05, 4.69) is 15.6 Å². The molecule has 3 N–H and O–H groups in total. The summed E-state index contributed by atoms with van der Waals surface area (Å²) in [5.41, 5.74) is 7.13. The van der Waals surface area contributed by atoms with E-state index in [1.165, 1.54) is 0 Å². The first-order valence-electron chi connectivity index (χ1n) is 4.09. The molecule has 5 nitrogen and oxygen atoms in total. The summed E-state index contributed by atoms with van der Waals surface area (Å²) in [4.78, 5) is 0.